The predicted octanol–water partition coefficient (Wildman–Crippen LogP) is 9.93. The molecule has 0 amide bonds. The molecule has 0 aliphatic heterocycles. The van der Waals surface area contributed by atoms with E-state index in [4.69, 9.17) is 0 Å². The molecule has 0 saturated heterocycles. The first-order valence-electron chi connectivity index (χ1n) is 11.5. The Hall–Kier alpha value is -3.60. The maximum atomic E-state index is 11.8. The first kappa shape index (κ1) is 22.8. The van der Waals surface area contributed by atoms with Crippen LogP contribution in [0.25, 0.3) is 54.9 Å². The summed E-state index contributed by atoms with van der Waals surface area (Å²) in [5.41, 5.74) is 4.47. The van der Waals surface area contributed by atoms with Crippen LogP contribution in [0.3, 0.4) is 0 Å². The average molecular weight is 596 g/mol. The summed E-state index contributed by atoms with van der Waals surface area (Å²) < 4.78 is 1.89. The van der Waals surface area contributed by atoms with Gasteiger partial charge in [-0.25, -0.2) is 0 Å². The van der Waals surface area contributed by atoms with Crippen molar-refractivity contribution in [2.24, 2.45) is 0 Å². The van der Waals surface area contributed by atoms with Crippen LogP contribution in [0.2, 0.25) is 0 Å². The van der Waals surface area contributed by atoms with Crippen LogP contribution in [-0.2, 0) is 0 Å². The molecule has 0 radical (unpaired) electrons. The van der Waals surface area contributed by atoms with Crippen LogP contribution in [0.1, 0.15) is 0 Å². The van der Waals surface area contributed by atoms with Gasteiger partial charge >= 0.3 is 0 Å². The van der Waals surface area contributed by atoms with Gasteiger partial charge in [0.25, 0.3) is 0 Å². The second-order valence-corrected chi connectivity index (χ2v) is 10.6. The molecule has 0 aromatic heterocycles. The number of hydrogen-bond donors (Lipinski definition) is 2. The highest BCUT2D eigenvalue weighted by Crippen LogP contribution is 2.51. The number of benzene rings is 6. The van der Waals surface area contributed by atoms with Crippen molar-refractivity contribution in [2.45, 2.75) is 0 Å². The normalized spacial score (nSPS) is 11.3. The summed E-state index contributed by atoms with van der Waals surface area (Å²) in [5, 5.41) is 27.3. The summed E-state index contributed by atoms with van der Waals surface area (Å²) in [6.45, 7) is 0. The Kier molecular flexibility index (Phi) is 5.79. The number of rotatable bonds is 3. The molecule has 6 aromatic rings. The Bertz CT molecular complexity index is 1630. The van der Waals surface area contributed by atoms with Gasteiger partial charge in [-0.15, -0.1) is 0 Å². The van der Waals surface area contributed by atoms with Gasteiger partial charge in [0, 0.05) is 31.2 Å². The van der Waals surface area contributed by atoms with E-state index in [0.717, 1.165) is 41.6 Å². The zero-order valence-electron chi connectivity index (χ0n) is 19.0. The molecule has 36 heavy (non-hydrogen) atoms. The summed E-state index contributed by atoms with van der Waals surface area (Å²) in [6, 6.07) is 35.7. The van der Waals surface area contributed by atoms with E-state index in [-0.39, 0.29) is 11.5 Å². The second kappa shape index (κ2) is 9.12. The molecule has 2 N–H and O–H groups in total. The molecule has 0 fully saturated rings. The van der Waals surface area contributed by atoms with Crippen molar-refractivity contribution in [3.05, 3.63) is 118 Å². The highest BCUT2D eigenvalue weighted by Gasteiger charge is 2.23. The Morgan fingerprint density at radius 2 is 0.833 bits per heavy atom. The van der Waals surface area contributed by atoms with Gasteiger partial charge in [0.15, 0.2) is 0 Å². The second-order valence-electron chi connectivity index (χ2n) is 8.76. The summed E-state index contributed by atoms with van der Waals surface area (Å²) in [6.07, 6.45) is 0. The van der Waals surface area contributed by atoms with Crippen LogP contribution in [0.15, 0.2) is 118 Å². The van der Waals surface area contributed by atoms with Gasteiger partial charge < -0.3 is 10.2 Å². The Labute approximate surface area is 225 Å². The molecule has 6 aromatic carbocycles. The number of phenols is 2. The van der Waals surface area contributed by atoms with Gasteiger partial charge in [-0.3, -0.25) is 0 Å². The molecule has 0 atom stereocenters. The number of phenolic OH excluding ortho intramolecular Hbond substituents is 2. The van der Waals surface area contributed by atoms with E-state index in [1.165, 1.54) is 0 Å². The van der Waals surface area contributed by atoms with Crippen molar-refractivity contribution in [3.63, 3.8) is 0 Å². The van der Waals surface area contributed by atoms with Crippen molar-refractivity contribution in [3.8, 4) is 44.9 Å². The molecule has 0 aliphatic rings. The third-order valence-corrected chi connectivity index (χ3v) is 7.56. The molecule has 174 valence electrons. The van der Waals surface area contributed by atoms with Gasteiger partial charge in [-0.05, 0) is 69.1 Å². The largest absolute Gasteiger partial charge is 0.507 e. The Morgan fingerprint density at radius 3 is 1.22 bits per heavy atom. The van der Waals surface area contributed by atoms with E-state index in [1.807, 2.05) is 109 Å². The fourth-order valence-electron chi connectivity index (χ4n) is 4.92. The highest BCUT2D eigenvalue weighted by molar-refractivity contribution is 9.10. The quantitative estimate of drug-likeness (QED) is 0.214. The van der Waals surface area contributed by atoms with Crippen LogP contribution >= 0.6 is 31.9 Å². The lowest BCUT2D eigenvalue weighted by atomic mass is 9.86. The van der Waals surface area contributed by atoms with Gasteiger partial charge in [0.05, 0.1) is 0 Å². The summed E-state index contributed by atoms with van der Waals surface area (Å²) in [5.74, 6) is 0.279. The minimum atomic E-state index is 0.140. The van der Waals surface area contributed by atoms with Crippen LogP contribution < -0.4 is 0 Å². The molecule has 0 aliphatic carbocycles. The topological polar surface area (TPSA) is 40.5 Å². The van der Waals surface area contributed by atoms with E-state index in [0.29, 0.717) is 22.3 Å². The molecule has 0 heterocycles. The molecule has 0 bridgehead atoms. The predicted molar refractivity (Wildman–Crippen MR) is 156 cm³/mol. The monoisotopic (exact) mass is 594 g/mol. The van der Waals surface area contributed by atoms with Crippen molar-refractivity contribution in [1.82, 2.24) is 0 Å². The molecule has 0 unspecified atom stereocenters. The maximum Gasteiger partial charge on any atom is 0.132 e. The lowest BCUT2D eigenvalue weighted by molar-refractivity contribution is 0.472. The number of fused-ring (bicyclic) bond motifs is 2. The minimum Gasteiger partial charge on any atom is -0.507 e. The Balaban J connectivity index is 1.80. The number of aromatic hydroxyl groups is 2. The molecule has 6 rings (SSSR count). The molecule has 4 heteroatoms. The average Bonchev–Trinajstić information content (AvgIpc) is 2.90. The third kappa shape index (κ3) is 3.87. The minimum absolute atomic E-state index is 0.140. The van der Waals surface area contributed by atoms with E-state index in [1.54, 1.807) is 0 Å². The van der Waals surface area contributed by atoms with Crippen molar-refractivity contribution >= 4 is 53.4 Å². The highest BCUT2D eigenvalue weighted by atomic mass is 79.9. The van der Waals surface area contributed by atoms with Crippen molar-refractivity contribution < 1.29 is 10.2 Å². The zero-order chi connectivity index (χ0) is 24.8. The van der Waals surface area contributed by atoms with Crippen molar-refractivity contribution in [2.75, 3.05) is 0 Å². The van der Waals surface area contributed by atoms with Gasteiger partial charge in [-0.1, -0.05) is 105 Å². The number of halogens is 2. The molecular weight excluding hydrogens is 576 g/mol. The molecule has 0 spiro atoms. The molecular formula is C32H20Br2O2. The van der Waals surface area contributed by atoms with E-state index < -0.39 is 0 Å². The summed E-state index contributed by atoms with van der Waals surface area (Å²) in [7, 11) is 0. The first-order valence-corrected chi connectivity index (χ1v) is 13.1. The summed E-state index contributed by atoms with van der Waals surface area (Å²) in [4.78, 5) is 0. The lowest BCUT2D eigenvalue weighted by Gasteiger charge is -2.19. The third-order valence-electron chi connectivity index (χ3n) is 6.57. The van der Waals surface area contributed by atoms with E-state index in [2.05, 4.69) is 31.9 Å². The van der Waals surface area contributed by atoms with E-state index in [9.17, 15) is 10.2 Å². The zero-order valence-corrected chi connectivity index (χ0v) is 22.2. The maximum absolute atomic E-state index is 11.8. The summed E-state index contributed by atoms with van der Waals surface area (Å²) >= 11 is 7.20. The molecule has 2 nitrogen and oxygen atoms in total. The van der Waals surface area contributed by atoms with Gasteiger partial charge in [0.2, 0.25) is 0 Å². The number of hydrogen-bond acceptors (Lipinski definition) is 2. The molecule has 0 saturated carbocycles. The van der Waals surface area contributed by atoms with Gasteiger partial charge in [-0.2, -0.15) is 0 Å². The van der Waals surface area contributed by atoms with E-state index >= 15 is 0 Å². The van der Waals surface area contributed by atoms with Crippen molar-refractivity contribution in [1.29, 1.82) is 0 Å². The lowest BCUT2D eigenvalue weighted by Crippen LogP contribution is -1.92. The standard InChI is InChI=1S/C32H20Br2O2/c33-23-11-13-25-21(15-23)17-27(19-7-3-1-4-8-19)31(35)29(25)30-26-14-12-24(34)16-22(26)18-28(32(30)36)20-9-5-2-6-10-20/h1-18,35-36H. The fraction of sp³-hybridized carbons (Fsp3) is 0. The van der Waals surface area contributed by atoms with Crippen LogP contribution in [-0.4, -0.2) is 10.2 Å². The van der Waals surface area contributed by atoms with Crippen LogP contribution in [0.5, 0.6) is 11.5 Å². The first-order chi connectivity index (χ1) is 17.5. The van der Waals surface area contributed by atoms with Crippen LogP contribution in [0.4, 0.5) is 0 Å². The Morgan fingerprint density at radius 1 is 0.444 bits per heavy atom. The van der Waals surface area contributed by atoms with Crippen LogP contribution in [0, 0.1) is 0 Å². The fourth-order valence-corrected chi connectivity index (χ4v) is 5.67. The smallest absolute Gasteiger partial charge is 0.132 e. The SMILES string of the molecule is Oc1c(-c2ccccc2)cc2cc(Br)ccc2c1-c1c(O)c(-c2ccccc2)cc2cc(Br)ccc12. The van der Waals surface area contributed by atoms with Gasteiger partial charge in [0.1, 0.15) is 11.5 Å².